The summed E-state index contributed by atoms with van der Waals surface area (Å²) in [6, 6.07) is 10.9. The van der Waals surface area contributed by atoms with Gasteiger partial charge in [-0.25, -0.2) is 0 Å². The third-order valence-corrected chi connectivity index (χ3v) is 4.66. The molecule has 0 saturated carbocycles. The third kappa shape index (κ3) is 2.56. The fourth-order valence-corrected chi connectivity index (χ4v) is 3.36. The molecule has 2 aromatic rings. The van der Waals surface area contributed by atoms with Crippen LogP contribution in [0.1, 0.15) is 41.4 Å². The highest BCUT2D eigenvalue weighted by molar-refractivity contribution is 6.07. The van der Waals surface area contributed by atoms with Gasteiger partial charge in [0.1, 0.15) is 28.4 Å². The zero-order valence-corrected chi connectivity index (χ0v) is 14.9. The fraction of sp³-hybridized carbons (Fsp3) is 0.286. The molecule has 2 heterocycles. The predicted molar refractivity (Wildman–Crippen MR) is 96.9 cm³/mol. The average molecular weight is 352 g/mol. The Kier molecular flexibility index (Phi) is 3.77. The lowest BCUT2D eigenvalue weighted by molar-refractivity contribution is 0.0207. The van der Waals surface area contributed by atoms with Crippen molar-refractivity contribution in [3.8, 4) is 17.2 Å². The number of carbonyl (C=O) groups excluding carboxylic acids is 1. The van der Waals surface area contributed by atoms with E-state index in [1.807, 2.05) is 56.3 Å². The molecule has 26 heavy (non-hydrogen) atoms. The zero-order chi connectivity index (χ0) is 18.5. The number of rotatable bonds is 2. The Morgan fingerprint density at radius 3 is 2.62 bits per heavy atom. The van der Waals surface area contributed by atoms with Crippen LogP contribution in [-0.2, 0) is 0 Å². The quantitative estimate of drug-likeness (QED) is 0.895. The first kappa shape index (κ1) is 16.7. The number of hydrogen-bond acceptors (Lipinski definition) is 5. The van der Waals surface area contributed by atoms with Crippen LogP contribution < -0.4 is 14.2 Å². The van der Waals surface area contributed by atoms with Gasteiger partial charge >= 0.3 is 0 Å². The van der Waals surface area contributed by atoms with Crippen molar-refractivity contribution in [1.29, 1.82) is 0 Å². The molecule has 1 N–H and O–H groups in total. The summed E-state index contributed by atoms with van der Waals surface area (Å²) in [4.78, 5) is 12.9. The Morgan fingerprint density at radius 2 is 1.92 bits per heavy atom. The number of fused-ring (bicyclic) bond motifs is 3. The maximum Gasteiger partial charge on any atom is 0.202 e. The van der Waals surface area contributed by atoms with Crippen molar-refractivity contribution < 1.29 is 24.1 Å². The van der Waals surface area contributed by atoms with Gasteiger partial charge in [0.15, 0.2) is 12.2 Å². The second-order valence-corrected chi connectivity index (χ2v) is 6.99. The van der Waals surface area contributed by atoms with E-state index in [2.05, 4.69) is 0 Å². The van der Waals surface area contributed by atoms with Crippen molar-refractivity contribution in [3.05, 3.63) is 59.2 Å². The lowest BCUT2D eigenvalue weighted by Crippen LogP contribution is -2.37. The van der Waals surface area contributed by atoms with Gasteiger partial charge in [-0.3, -0.25) is 4.79 Å². The highest BCUT2D eigenvalue weighted by Gasteiger charge is 2.41. The number of benzene rings is 2. The largest absolute Gasteiger partial charge is 0.496 e. The van der Waals surface area contributed by atoms with E-state index in [1.54, 1.807) is 6.07 Å². The average Bonchev–Trinajstić information content (AvgIpc) is 2.63. The number of methoxy groups -OCH3 is 1. The summed E-state index contributed by atoms with van der Waals surface area (Å²) in [6.07, 6.45) is 1.72. The van der Waals surface area contributed by atoms with E-state index < -0.39 is 23.6 Å². The lowest BCUT2D eigenvalue weighted by Gasteiger charge is -2.35. The van der Waals surface area contributed by atoms with Gasteiger partial charge in [0, 0.05) is 6.07 Å². The first-order chi connectivity index (χ1) is 12.4. The van der Waals surface area contributed by atoms with Crippen LogP contribution in [0.3, 0.4) is 0 Å². The molecule has 2 atom stereocenters. The molecule has 0 bridgehead atoms. The number of aliphatic hydroxyl groups is 1. The molecule has 0 amide bonds. The summed E-state index contributed by atoms with van der Waals surface area (Å²) in [6.45, 7) is 3.89. The van der Waals surface area contributed by atoms with Crippen molar-refractivity contribution in [2.45, 2.75) is 31.7 Å². The zero-order valence-electron chi connectivity index (χ0n) is 14.9. The van der Waals surface area contributed by atoms with Gasteiger partial charge < -0.3 is 19.3 Å². The summed E-state index contributed by atoms with van der Waals surface area (Å²) < 4.78 is 17.5. The normalized spacial score (nSPS) is 22.7. The molecule has 5 heteroatoms. The standard InChI is InChI=1S/C21H20O5/c1-21(2)10-9-13-14(26-21)11-15(24-3)16-17(22)18(23)19(25-20(13)16)12-7-5-4-6-8-12/h4-11,18-19,23H,1-3H3/t18-,19+/m0/s1. The molecule has 5 nitrogen and oxygen atoms in total. The molecule has 0 unspecified atom stereocenters. The van der Waals surface area contributed by atoms with Crippen LogP contribution in [0.4, 0.5) is 0 Å². The van der Waals surface area contributed by atoms with Crippen molar-refractivity contribution in [2.24, 2.45) is 0 Å². The van der Waals surface area contributed by atoms with E-state index in [1.165, 1.54) is 7.11 Å². The van der Waals surface area contributed by atoms with E-state index in [9.17, 15) is 9.90 Å². The molecule has 4 rings (SSSR count). The van der Waals surface area contributed by atoms with Crippen molar-refractivity contribution >= 4 is 11.9 Å². The molecular weight excluding hydrogens is 332 g/mol. The molecule has 134 valence electrons. The second kappa shape index (κ2) is 5.88. The van der Waals surface area contributed by atoms with Gasteiger partial charge in [-0.05, 0) is 31.6 Å². The molecule has 0 saturated heterocycles. The maximum atomic E-state index is 12.9. The highest BCUT2D eigenvalue weighted by atomic mass is 16.5. The summed E-state index contributed by atoms with van der Waals surface area (Å²) in [5.41, 5.74) is 1.19. The van der Waals surface area contributed by atoms with Gasteiger partial charge in [-0.1, -0.05) is 30.3 Å². The Labute approximate surface area is 151 Å². The SMILES string of the molecule is COc1cc2c(c3c1C(=O)[C@H](O)[C@@H](c1ccccc1)O3)C=CC(C)(C)O2. The Bertz CT molecular complexity index is 898. The maximum absolute atomic E-state index is 12.9. The molecule has 2 aliphatic heterocycles. The predicted octanol–water partition coefficient (Wildman–Crippen LogP) is 3.56. The summed E-state index contributed by atoms with van der Waals surface area (Å²) in [5, 5.41) is 10.6. The number of aliphatic hydroxyl groups excluding tert-OH is 1. The van der Waals surface area contributed by atoms with Crippen molar-refractivity contribution in [2.75, 3.05) is 7.11 Å². The van der Waals surface area contributed by atoms with Crippen molar-refractivity contribution in [3.63, 3.8) is 0 Å². The number of hydrogen-bond donors (Lipinski definition) is 1. The van der Waals surface area contributed by atoms with Gasteiger partial charge in [0.25, 0.3) is 0 Å². The number of ketones is 1. The van der Waals surface area contributed by atoms with E-state index in [-0.39, 0.29) is 5.56 Å². The molecule has 0 aromatic heterocycles. The molecule has 0 fully saturated rings. The van der Waals surface area contributed by atoms with Crippen molar-refractivity contribution in [1.82, 2.24) is 0 Å². The lowest BCUT2D eigenvalue weighted by atomic mass is 9.90. The first-order valence-corrected chi connectivity index (χ1v) is 8.48. The van der Waals surface area contributed by atoms with Crippen LogP contribution in [0.15, 0.2) is 42.5 Å². The van der Waals surface area contributed by atoms with Crippen LogP contribution in [0, 0.1) is 0 Å². The molecule has 0 radical (unpaired) electrons. The van der Waals surface area contributed by atoms with E-state index in [0.29, 0.717) is 22.8 Å². The smallest absolute Gasteiger partial charge is 0.202 e. The summed E-state index contributed by atoms with van der Waals surface area (Å²) in [5.74, 6) is 0.887. The molecule has 2 aliphatic rings. The minimum atomic E-state index is -1.30. The minimum Gasteiger partial charge on any atom is -0.496 e. The third-order valence-electron chi connectivity index (χ3n) is 4.66. The van der Waals surface area contributed by atoms with Crippen LogP contribution in [0.5, 0.6) is 17.2 Å². The summed E-state index contributed by atoms with van der Waals surface area (Å²) >= 11 is 0. The van der Waals surface area contributed by atoms with E-state index >= 15 is 0 Å². The Hall–Kier alpha value is -2.79. The van der Waals surface area contributed by atoms with Crippen LogP contribution in [0.2, 0.25) is 0 Å². The first-order valence-electron chi connectivity index (χ1n) is 8.48. The second-order valence-electron chi connectivity index (χ2n) is 6.99. The molecule has 0 aliphatic carbocycles. The fourth-order valence-electron chi connectivity index (χ4n) is 3.36. The van der Waals surface area contributed by atoms with Gasteiger partial charge in [0.05, 0.1) is 12.7 Å². The van der Waals surface area contributed by atoms with Gasteiger partial charge in [-0.2, -0.15) is 0 Å². The number of carbonyl (C=O) groups is 1. The van der Waals surface area contributed by atoms with Gasteiger partial charge in [0.2, 0.25) is 5.78 Å². The molecule has 0 spiro atoms. The van der Waals surface area contributed by atoms with E-state index in [0.717, 1.165) is 5.56 Å². The van der Waals surface area contributed by atoms with Crippen LogP contribution >= 0.6 is 0 Å². The molecule has 2 aromatic carbocycles. The Balaban J connectivity index is 1.90. The van der Waals surface area contributed by atoms with Crippen LogP contribution in [-0.4, -0.2) is 29.7 Å². The van der Waals surface area contributed by atoms with Crippen LogP contribution in [0.25, 0.3) is 6.08 Å². The number of ether oxygens (including phenoxy) is 3. The minimum absolute atomic E-state index is 0.249. The summed E-state index contributed by atoms with van der Waals surface area (Å²) in [7, 11) is 1.48. The molecular formula is C21H20O5. The van der Waals surface area contributed by atoms with Gasteiger partial charge in [-0.15, -0.1) is 0 Å². The number of Topliss-reactive ketones (excluding diaryl/α,β-unsaturated/α-hetero) is 1. The highest BCUT2D eigenvalue weighted by Crippen LogP contribution is 2.48. The Morgan fingerprint density at radius 1 is 1.19 bits per heavy atom. The monoisotopic (exact) mass is 352 g/mol. The topological polar surface area (TPSA) is 65.0 Å². The van der Waals surface area contributed by atoms with E-state index in [4.69, 9.17) is 14.2 Å².